The molecule has 9 rings (SSSR count). The van der Waals surface area contributed by atoms with Crippen LogP contribution in [-0.2, 0) is 4.74 Å². The summed E-state index contributed by atoms with van der Waals surface area (Å²) in [5.74, 6) is 2.24. The Labute approximate surface area is 301 Å². The van der Waals surface area contributed by atoms with E-state index < -0.39 is 11.7 Å². The van der Waals surface area contributed by atoms with Gasteiger partial charge in [-0.25, -0.2) is 19.6 Å². The maximum Gasteiger partial charge on any atom is 0.411 e. The molecule has 5 aromatic rings. The van der Waals surface area contributed by atoms with Crippen LogP contribution in [0.15, 0.2) is 54.6 Å². The number of nitrogens with zero attached hydrogens (tertiary/aromatic N) is 4. The summed E-state index contributed by atoms with van der Waals surface area (Å²) in [6, 6.07) is 18.6. The van der Waals surface area contributed by atoms with Gasteiger partial charge in [0.05, 0.1) is 28.7 Å². The number of benzene rings is 3. The number of imidazole rings is 2. The second kappa shape index (κ2) is 10.7. The van der Waals surface area contributed by atoms with E-state index >= 15 is 0 Å². The van der Waals surface area contributed by atoms with E-state index in [-0.39, 0.29) is 35.2 Å². The van der Waals surface area contributed by atoms with Crippen molar-refractivity contribution in [2.45, 2.75) is 96.5 Å². The largest absolute Gasteiger partial charge is 0.465 e. The number of hydrogen-bond donors (Lipinski definition) is 3. The number of fused-ring (bicyclic) bond motifs is 4. The van der Waals surface area contributed by atoms with Crippen molar-refractivity contribution in [2.24, 2.45) is 17.3 Å². The van der Waals surface area contributed by atoms with Gasteiger partial charge in [0.15, 0.2) is 0 Å². The molecular formula is C40H43ClN6O4. The first-order valence-corrected chi connectivity index (χ1v) is 18.3. The molecule has 2 amide bonds. The number of amides is 2. The Bertz CT molecular complexity index is 2260. The molecule has 4 fully saturated rings. The van der Waals surface area contributed by atoms with E-state index in [9.17, 15) is 14.7 Å². The van der Waals surface area contributed by atoms with Gasteiger partial charge >= 0.3 is 12.2 Å². The first-order chi connectivity index (χ1) is 24.1. The minimum Gasteiger partial charge on any atom is -0.465 e. The normalized spacial score (nSPS) is 26.8. The van der Waals surface area contributed by atoms with Gasteiger partial charge in [0.25, 0.3) is 0 Å². The van der Waals surface area contributed by atoms with Gasteiger partial charge < -0.3 is 19.8 Å². The van der Waals surface area contributed by atoms with Gasteiger partial charge in [0.2, 0.25) is 0 Å². The van der Waals surface area contributed by atoms with Crippen molar-refractivity contribution in [1.29, 1.82) is 0 Å². The predicted octanol–water partition coefficient (Wildman–Crippen LogP) is 9.73. The van der Waals surface area contributed by atoms with Crippen LogP contribution in [0.4, 0.5) is 9.59 Å². The minimum atomic E-state index is -0.910. The number of piperidine rings is 2. The number of carboxylic acid groups (broad SMARTS) is 1. The van der Waals surface area contributed by atoms with Crippen molar-refractivity contribution in [3.8, 4) is 22.4 Å². The molecule has 4 heterocycles. The van der Waals surface area contributed by atoms with Crippen LogP contribution in [0.25, 0.3) is 44.2 Å². The fourth-order valence-corrected chi connectivity index (χ4v) is 9.54. The van der Waals surface area contributed by atoms with Crippen LogP contribution in [0.1, 0.15) is 91.0 Å². The molecule has 3 N–H and O–H groups in total. The van der Waals surface area contributed by atoms with E-state index in [1.54, 1.807) is 4.90 Å². The van der Waals surface area contributed by atoms with Crippen molar-refractivity contribution in [2.75, 3.05) is 0 Å². The molecule has 2 aliphatic carbocycles. The molecule has 10 nitrogen and oxygen atoms in total. The van der Waals surface area contributed by atoms with Crippen LogP contribution < -0.4 is 0 Å². The van der Waals surface area contributed by atoms with Crippen molar-refractivity contribution in [3.05, 3.63) is 71.4 Å². The lowest BCUT2D eigenvalue weighted by Gasteiger charge is -2.39. The Morgan fingerprint density at radius 3 is 2.24 bits per heavy atom. The Balaban J connectivity index is 0.968. The SMILES string of the molecule is CC(C)(C)OC(=O)N1[C@@H]2C[C@@H]2C[C@H]1c1nc2cc(-c3ccc4cc(-c5nc([C@@H]6C[C@@H]7C[C@@]7(C(C)(C)C)N6C(=O)O)[nH]c5Cl)ccc4c3)ccc2[nH]1. The van der Waals surface area contributed by atoms with Crippen molar-refractivity contribution in [3.63, 3.8) is 0 Å². The van der Waals surface area contributed by atoms with Gasteiger partial charge in [0.1, 0.15) is 28.1 Å². The lowest BCUT2D eigenvalue weighted by Crippen LogP contribution is -2.48. The molecule has 2 aromatic heterocycles. The molecule has 3 aromatic carbocycles. The molecule has 2 saturated heterocycles. The monoisotopic (exact) mass is 706 g/mol. The second-order valence-corrected chi connectivity index (χ2v) is 17.5. The molecule has 11 heteroatoms. The van der Waals surface area contributed by atoms with Crippen LogP contribution in [0, 0.1) is 17.3 Å². The van der Waals surface area contributed by atoms with Gasteiger partial charge in [-0.3, -0.25) is 9.80 Å². The summed E-state index contributed by atoms with van der Waals surface area (Å²) in [4.78, 5) is 45.8. The summed E-state index contributed by atoms with van der Waals surface area (Å²) in [6.45, 7) is 12.1. The second-order valence-electron chi connectivity index (χ2n) is 17.1. The van der Waals surface area contributed by atoms with Gasteiger partial charge in [-0.1, -0.05) is 62.7 Å². The number of nitrogens with one attached hydrogen (secondary N) is 2. The summed E-state index contributed by atoms with van der Waals surface area (Å²) in [5, 5.41) is 12.8. The van der Waals surface area contributed by atoms with Crippen molar-refractivity contribution < 1.29 is 19.4 Å². The predicted molar refractivity (Wildman–Crippen MR) is 196 cm³/mol. The molecule has 0 spiro atoms. The Hall–Kier alpha value is -4.57. The molecule has 0 radical (unpaired) electrons. The number of halogens is 1. The van der Waals surface area contributed by atoms with Gasteiger partial charge in [-0.2, -0.15) is 0 Å². The van der Waals surface area contributed by atoms with Crippen LogP contribution in [-0.4, -0.2) is 64.2 Å². The fourth-order valence-electron chi connectivity index (χ4n) is 9.29. The number of H-pyrrole nitrogens is 2. The third-order valence-electron chi connectivity index (χ3n) is 11.8. The van der Waals surface area contributed by atoms with Crippen LogP contribution in [0.3, 0.4) is 0 Å². The molecule has 2 saturated carbocycles. The van der Waals surface area contributed by atoms with Crippen LogP contribution in [0.5, 0.6) is 0 Å². The highest BCUT2D eigenvalue weighted by Crippen LogP contribution is 2.68. The van der Waals surface area contributed by atoms with Gasteiger partial charge in [-0.15, -0.1) is 0 Å². The third kappa shape index (κ3) is 5.12. The van der Waals surface area contributed by atoms with Crippen LogP contribution in [0.2, 0.25) is 5.15 Å². The number of rotatable bonds is 4. The molecule has 0 unspecified atom stereocenters. The highest BCUT2D eigenvalue weighted by atomic mass is 35.5. The van der Waals surface area contributed by atoms with Gasteiger partial charge in [-0.05, 0) is 110 Å². The van der Waals surface area contributed by atoms with E-state index in [2.05, 4.69) is 79.3 Å². The maximum atomic E-state index is 13.1. The zero-order valence-corrected chi connectivity index (χ0v) is 30.5. The van der Waals surface area contributed by atoms with Crippen LogP contribution >= 0.6 is 11.6 Å². The molecule has 2 aliphatic heterocycles. The van der Waals surface area contributed by atoms with E-state index in [1.165, 1.54) is 0 Å². The molecule has 0 bridgehead atoms. The Kier molecular flexibility index (Phi) is 6.80. The topological polar surface area (TPSA) is 127 Å². The quantitative estimate of drug-likeness (QED) is 0.171. The molecular weight excluding hydrogens is 664 g/mol. The summed E-state index contributed by atoms with van der Waals surface area (Å²) >= 11 is 6.74. The average Bonchev–Trinajstić information content (AvgIpc) is 3.70. The zero-order valence-electron chi connectivity index (χ0n) is 29.8. The lowest BCUT2D eigenvalue weighted by atomic mass is 9.82. The van der Waals surface area contributed by atoms with E-state index in [0.29, 0.717) is 28.5 Å². The number of carbonyl (C=O) groups is 2. The minimum absolute atomic E-state index is 0.117. The Morgan fingerprint density at radius 1 is 0.863 bits per heavy atom. The first-order valence-electron chi connectivity index (χ1n) is 17.9. The summed E-state index contributed by atoms with van der Waals surface area (Å²) in [5.41, 5.74) is 4.32. The van der Waals surface area contributed by atoms with Gasteiger partial charge in [0, 0.05) is 11.6 Å². The van der Waals surface area contributed by atoms with Crippen molar-refractivity contribution in [1.82, 2.24) is 29.7 Å². The highest BCUT2D eigenvalue weighted by molar-refractivity contribution is 6.32. The average molecular weight is 707 g/mol. The Morgan fingerprint density at radius 2 is 1.53 bits per heavy atom. The maximum absolute atomic E-state index is 13.1. The fraction of sp³-hybridized carbons (Fsp3) is 0.450. The summed E-state index contributed by atoms with van der Waals surface area (Å²) in [6.07, 6.45) is 2.38. The zero-order chi connectivity index (χ0) is 35.8. The van der Waals surface area contributed by atoms with E-state index in [4.69, 9.17) is 26.3 Å². The molecule has 4 aliphatic rings. The van der Waals surface area contributed by atoms with E-state index in [0.717, 1.165) is 70.0 Å². The summed E-state index contributed by atoms with van der Waals surface area (Å²) < 4.78 is 5.76. The number of ether oxygens (including phenoxy) is 1. The van der Waals surface area contributed by atoms with E-state index in [1.807, 2.05) is 31.7 Å². The highest BCUT2D eigenvalue weighted by Gasteiger charge is 2.72. The summed E-state index contributed by atoms with van der Waals surface area (Å²) in [7, 11) is 0. The van der Waals surface area contributed by atoms with Crippen molar-refractivity contribution >= 4 is 45.6 Å². The number of hydrogen-bond acceptors (Lipinski definition) is 5. The number of aromatic nitrogens is 4. The number of carbonyl (C=O) groups excluding carboxylic acids is 1. The molecule has 264 valence electrons. The third-order valence-corrected chi connectivity index (χ3v) is 12.1. The number of likely N-dealkylation sites (tertiary alicyclic amines) is 2. The first kappa shape index (κ1) is 32.3. The standard InChI is InChI=1S/C40H43ClN6O4/c1-38(2,3)40-19-26(40)18-31(47(40)36(48)49)35-44-32(33(41)45-35)24-10-9-20-13-21(7-8-22(20)14-24)23-11-12-27-28(15-23)43-34(42-27)30-17-25-16-29(25)46(30)37(50)51-39(4,5)6/h7-15,25-26,29-31H,16-19H2,1-6H3,(H,42,43)(H,44,45)(H,48,49)/t25-,26-,29-,30+,31+,40-/m1/s1. The smallest absolute Gasteiger partial charge is 0.411 e. The molecule has 51 heavy (non-hydrogen) atoms. The number of aromatic amines is 2. The molecule has 6 atom stereocenters. The lowest BCUT2D eigenvalue weighted by molar-refractivity contribution is 0.0175.